The largest absolute Gasteiger partial charge is 0.208 e. The lowest BCUT2D eigenvalue weighted by molar-refractivity contribution is 1.07. The molecule has 0 amide bonds. The molecule has 0 fully saturated rings. The van der Waals surface area contributed by atoms with Crippen molar-refractivity contribution in [2.45, 2.75) is 0 Å². The van der Waals surface area contributed by atoms with E-state index in [0.717, 1.165) is 27.8 Å². The molecular formula is C45H27N3S. The van der Waals surface area contributed by atoms with Crippen molar-refractivity contribution in [2.24, 2.45) is 0 Å². The number of rotatable bonds is 4. The summed E-state index contributed by atoms with van der Waals surface area (Å²) in [7, 11) is 0. The summed E-state index contributed by atoms with van der Waals surface area (Å²) in [5.74, 6) is 1.97. The van der Waals surface area contributed by atoms with Crippen molar-refractivity contribution in [3.63, 3.8) is 0 Å². The minimum atomic E-state index is 0.655. The Hall–Kier alpha value is -6.23. The third-order valence-corrected chi connectivity index (χ3v) is 10.7. The van der Waals surface area contributed by atoms with Gasteiger partial charge in [-0.25, -0.2) is 15.0 Å². The molecule has 0 bridgehead atoms. The second-order valence-corrected chi connectivity index (χ2v) is 13.4. The Morgan fingerprint density at radius 3 is 1.41 bits per heavy atom. The Morgan fingerprint density at radius 2 is 0.796 bits per heavy atom. The molecule has 0 atom stereocenters. The first kappa shape index (κ1) is 27.8. The van der Waals surface area contributed by atoms with E-state index >= 15 is 0 Å². The molecule has 4 heteroatoms. The van der Waals surface area contributed by atoms with Crippen LogP contribution in [0.3, 0.4) is 0 Å². The summed E-state index contributed by atoms with van der Waals surface area (Å²) in [6, 6.07) is 58.0. The fourth-order valence-electron chi connectivity index (χ4n) is 7.25. The van der Waals surface area contributed by atoms with Gasteiger partial charge in [-0.3, -0.25) is 0 Å². The van der Waals surface area contributed by atoms with Crippen molar-refractivity contribution in [3.05, 3.63) is 164 Å². The Labute approximate surface area is 286 Å². The molecule has 0 radical (unpaired) electrons. The van der Waals surface area contributed by atoms with Gasteiger partial charge in [0.05, 0.1) is 0 Å². The Balaban J connectivity index is 1.31. The van der Waals surface area contributed by atoms with Crippen molar-refractivity contribution in [1.82, 2.24) is 15.0 Å². The van der Waals surface area contributed by atoms with Crippen molar-refractivity contribution in [1.29, 1.82) is 0 Å². The topological polar surface area (TPSA) is 38.7 Å². The first-order chi connectivity index (χ1) is 24.3. The summed E-state index contributed by atoms with van der Waals surface area (Å²) >= 11 is 1.83. The van der Waals surface area contributed by atoms with E-state index in [4.69, 9.17) is 15.0 Å². The number of nitrogens with zero attached hydrogens (tertiary/aromatic N) is 3. The van der Waals surface area contributed by atoms with Gasteiger partial charge >= 0.3 is 0 Å². The number of aromatic nitrogens is 3. The van der Waals surface area contributed by atoms with Crippen LogP contribution in [0.15, 0.2) is 164 Å². The highest BCUT2D eigenvalue weighted by molar-refractivity contribution is 7.26. The number of thiophene rings is 1. The molecule has 0 spiro atoms. The third-order valence-electron chi connectivity index (χ3n) is 9.52. The lowest BCUT2D eigenvalue weighted by Gasteiger charge is -2.15. The second kappa shape index (κ2) is 11.2. The molecule has 0 saturated heterocycles. The molecular weight excluding hydrogens is 615 g/mol. The first-order valence-corrected chi connectivity index (χ1v) is 17.3. The highest BCUT2D eigenvalue weighted by Gasteiger charge is 2.21. The van der Waals surface area contributed by atoms with Crippen LogP contribution >= 0.6 is 11.3 Å². The number of benzene rings is 8. The smallest absolute Gasteiger partial charge is 0.164 e. The van der Waals surface area contributed by atoms with Gasteiger partial charge in [0.25, 0.3) is 0 Å². The standard InChI is InChI=1S/C45H27N3S/c1-3-13-28(14-4-1)43-46-44(29-15-5-2-6-16-29)48-45(47-43)38-26-25-37-36-21-11-12-22-40(36)49-42(37)41(38)30-23-24-35-33-19-8-7-17-31(33)32-18-9-10-20-34(32)39(35)27-30/h1-27H. The van der Waals surface area contributed by atoms with Crippen LogP contribution in [-0.2, 0) is 0 Å². The van der Waals surface area contributed by atoms with Gasteiger partial charge in [0, 0.05) is 42.4 Å². The van der Waals surface area contributed by atoms with Crippen LogP contribution < -0.4 is 0 Å². The molecule has 0 N–H and O–H groups in total. The SMILES string of the molecule is c1ccc(-c2nc(-c3ccccc3)nc(-c3ccc4c(sc5ccccc54)c3-c3ccc4c5ccccc5c5ccccc5c4c3)n2)cc1. The van der Waals surface area contributed by atoms with Crippen LogP contribution in [-0.4, -0.2) is 15.0 Å². The van der Waals surface area contributed by atoms with Gasteiger partial charge in [-0.05, 0) is 56.1 Å². The molecule has 2 aromatic heterocycles. The van der Waals surface area contributed by atoms with Crippen LogP contribution in [0.1, 0.15) is 0 Å². The zero-order chi connectivity index (χ0) is 32.3. The molecule has 8 aromatic carbocycles. The minimum Gasteiger partial charge on any atom is -0.208 e. The number of hydrogen-bond acceptors (Lipinski definition) is 4. The summed E-state index contributed by atoms with van der Waals surface area (Å²) in [4.78, 5) is 15.3. The number of fused-ring (bicyclic) bond motifs is 9. The summed E-state index contributed by atoms with van der Waals surface area (Å²) < 4.78 is 2.49. The van der Waals surface area contributed by atoms with E-state index in [-0.39, 0.29) is 0 Å². The molecule has 2 heterocycles. The monoisotopic (exact) mass is 641 g/mol. The van der Waals surface area contributed by atoms with E-state index in [1.54, 1.807) is 0 Å². The summed E-state index contributed by atoms with van der Waals surface area (Å²) in [5, 5.41) is 10.0. The van der Waals surface area contributed by atoms with E-state index in [1.165, 1.54) is 52.5 Å². The minimum absolute atomic E-state index is 0.655. The molecule has 49 heavy (non-hydrogen) atoms. The molecule has 0 unspecified atom stereocenters. The molecule has 10 rings (SSSR count). The van der Waals surface area contributed by atoms with Crippen LogP contribution in [0.2, 0.25) is 0 Å². The predicted molar refractivity (Wildman–Crippen MR) is 207 cm³/mol. The quantitative estimate of drug-likeness (QED) is 0.180. The van der Waals surface area contributed by atoms with Crippen molar-refractivity contribution < 1.29 is 0 Å². The van der Waals surface area contributed by atoms with Crippen LogP contribution in [0, 0.1) is 0 Å². The van der Waals surface area contributed by atoms with Crippen molar-refractivity contribution in [3.8, 4) is 45.3 Å². The van der Waals surface area contributed by atoms with E-state index in [2.05, 4.69) is 127 Å². The zero-order valence-electron chi connectivity index (χ0n) is 26.3. The van der Waals surface area contributed by atoms with Crippen molar-refractivity contribution >= 4 is 63.8 Å². The van der Waals surface area contributed by atoms with Crippen LogP contribution in [0.5, 0.6) is 0 Å². The molecule has 0 saturated carbocycles. The molecule has 0 aliphatic rings. The first-order valence-electron chi connectivity index (χ1n) is 16.5. The average molecular weight is 642 g/mol. The Morgan fingerprint density at radius 1 is 0.327 bits per heavy atom. The van der Waals surface area contributed by atoms with Crippen molar-refractivity contribution in [2.75, 3.05) is 0 Å². The Kier molecular flexibility index (Phi) is 6.36. The van der Waals surface area contributed by atoms with Crippen LogP contribution in [0.4, 0.5) is 0 Å². The molecule has 0 aliphatic carbocycles. The number of hydrogen-bond donors (Lipinski definition) is 0. The maximum atomic E-state index is 5.18. The van der Waals surface area contributed by atoms with E-state index in [0.29, 0.717) is 17.5 Å². The lowest BCUT2D eigenvalue weighted by atomic mass is 9.90. The summed E-state index contributed by atoms with van der Waals surface area (Å²) in [6.07, 6.45) is 0. The molecule has 0 aliphatic heterocycles. The van der Waals surface area contributed by atoms with Gasteiger partial charge in [0.2, 0.25) is 0 Å². The van der Waals surface area contributed by atoms with Crippen LogP contribution in [0.25, 0.3) is 97.8 Å². The molecule has 228 valence electrons. The van der Waals surface area contributed by atoms with Gasteiger partial charge in [-0.1, -0.05) is 146 Å². The fraction of sp³-hybridized carbons (Fsp3) is 0. The van der Waals surface area contributed by atoms with Gasteiger partial charge < -0.3 is 0 Å². The maximum Gasteiger partial charge on any atom is 0.164 e. The average Bonchev–Trinajstić information content (AvgIpc) is 3.57. The van der Waals surface area contributed by atoms with Gasteiger partial charge in [0.15, 0.2) is 17.5 Å². The Bertz CT molecular complexity index is 2780. The fourth-order valence-corrected chi connectivity index (χ4v) is 8.53. The van der Waals surface area contributed by atoms with Gasteiger partial charge in [-0.15, -0.1) is 11.3 Å². The predicted octanol–water partition coefficient (Wildman–Crippen LogP) is 12.4. The summed E-state index contributed by atoms with van der Waals surface area (Å²) in [5.41, 5.74) is 5.18. The maximum absolute atomic E-state index is 5.18. The highest BCUT2D eigenvalue weighted by atomic mass is 32.1. The van der Waals surface area contributed by atoms with E-state index < -0.39 is 0 Å². The van der Waals surface area contributed by atoms with Gasteiger partial charge in [0.1, 0.15) is 0 Å². The van der Waals surface area contributed by atoms with Gasteiger partial charge in [-0.2, -0.15) is 0 Å². The molecule has 3 nitrogen and oxygen atoms in total. The second-order valence-electron chi connectivity index (χ2n) is 12.4. The van der Waals surface area contributed by atoms with E-state index in [9.17, 15) is 0 Å². The normalized spacial score (nSPS) is 11.7. The highest BCUT2D eigenvalue weighted by Crippen LogP contribution is 2.46. The molecule has 10 aromatic rings. The third kappa shape index (κ3) is 4.53. The zero-order valence-corrected chi connectivity index (χ0v) is 27.2. The van der Waals surface area contributed by atoms with E-state index in [1.807, 2.05) is 47.7 Å². The lowest BCUT2D eigenvalue weighted by Crippen LogP contribution is -2.01. The summed E-state index contributed by atoms with van der Waals surface area (Å²) in [6.45, 7) is 0.